The molecule has 0 aliphatic heterocycles. The van der Waals surface area contributed by atoms with E-state index in [1.807, 2.05) is 68.4 Å². The second kappa shape index (κ2) is 16.2. The quantitative estimate of drug-likeness (QED) is 0.205. The Bertz CT molecular complexity index is 1470. The number of amides is 4. The minimum atomic E-state index is -1.08. The summed E-state index contributed by atoms with van der Waals surface area (Å²) in [6.45, 7) is 5.33. The highest BCUT2D eigenvalue weighted by molar-refractivity contribution is 5.94. The molecule has 0 radical (unpaired) electrons. The monoisotopic (exact) mass is 614 g/mol. The van der Waals surface area contributed by atoms with Gasteiger partial charge in [-0.25, -0.2) is 4.79 Å². The number of benzene rings is 3. The molecule has 0 spiro atoms. The largest absolute Gasteiger partial charge is 0.478 e. The van der Waals surface area contributed by atoms with Gasteiger partial charge in [0.2, 0.25) is 23.6 Å². The Balaban J connectivity index is 1.71. The van der Waals surface area contributed by atoms with Crippen molar-refractivity contribution >= 4 is 29.6 Å². The molecule has 10 nitrogen and oxygen atoms in total. The van der Waals surface area contributed by atoms with Crippen molar-refractivity contribution in [3.8, 4) is 11.1 Å². The zero-order chi connectivity index (χ0) is 33.1. The third-order valence-electron chi connectivity index (χ3n) is 7.65. The topological polar surface area (TPSA) is 159 Å². The predicted octanol–water partition coefficient (Wildman–Crippen LogP) is 3.58. The number of nitrogens with zero attached hydrogens (tertiary/aromatic N) is 1. The third kappa shape index (κ3) is 10.3. The number of hydrogen-bond acceptors (Lipinski definition) is 5. The Morgan fingerprint density at radius 3 is 1.91 bits per heavy atom. The summed E-state index contributed by atoms with van der Waals surface area (Å²) in [6.07, 6.45) is 1.01. The Labute approximate surface area is 264 Å². The summed E-state index contributed by atoms with van der Waals surface area (Å²) in [5.74, 6) is -3.05. The lowest BCUT2D eigenvalue weighted by atomic mass is 10.0. The summed E-state index contributed by atoms with van der Waals surface area (Å²) in [5.41, 5.74) is 9.32. The van der Waals surface area contributed by atoms with Crippen molar-refractivity contribution in [2.75, 3.05) is 7.05 Å². The number of carboxylic acid groups (broad SMARTS) is 1. The van der Waals surface area contributed by atoms with E-state index in [-0.39, 0.29) is 30.2 Å². The van der Waals surface area contributed by atoms with E-state index in [0.29, 0.717) is 18.4 Å². The summed E-state index contributed by atoms with van der Waals surface area (Å²) in [4.78, 5) is 64.2. The maximum atomic E-state index is 13.7. The SMILES string of the molecule is CC(C)C[C@@H](NC(=O)[C@H](C)N(C)C(=O)C(Cc1ccc(C(=O)O)cc1)NC(=O)CCc1ccc(-c2ccccc2)cc1)C(N)=O. The average molecular weight is 615 g/mol. The number of nitrogens with one attached hydrogen (secondary N) is 2. The van der Waals surface area contributed by atoms with Crippen LogP contribution in [0.3, 0.4) is 0 Å². The Morgan fingerprint density at radius 2 is 1.36 bits per heavy atom. The second-order valence-electron chi connectivity index (χ2n) is 11.6. The number of rotatable bonds is 15. The van der Waals surface area contributed by atoms with Gasteiger partial charge in [0.15, 0.2) is 0 Å². The Morgan fingerprint density at radius 1 is 0.778 bits per heavy atom. The van der Waals surface area contributed by atoms with Crippen molar-refractivity contribution in [2.24, 2.45) is 11.7 Å². The van der Waals surface area contributed by atoms with Crippen LogP contribution in [0.5, 0.6) is 0 Å². The number of carboxylic acids is 1. The molecule has 0 aromatic heterocycles. The Kier molecular flexibility index (Phi) is 12.4. The molecule has 238 valence electrons. The summed E-state index contributed by atoms with van der Waals surface area (Å²) >= 11 is 0. The molecule has 1 unspecified atom stereocenters. The van der Waals surface area contributed by atoms with Crippen LogP contribution < -0.4 is 16.4 Å². The van der Waals surface area contributed by atoms with Gasteiger partial charge in [-0.15, -0.1) is 0 Å². The zero-order valence-corrected chi connectivity index (χ0v) is 26.2. The number of primary amides is 1. The van der Waals surface area contributed by atoms with Gasteiger partial charge < -0.3 is 26.4 Å². The van der Waals surface area contributed by atoms with Gasteiger partial charge in [0.05, 0.1) is 5.56 Å². The first-order valence-corrected chi connectivity index (χ1v) is 15.0. The van der Waals surface area contributed by atoms with Crippen molar-refractivity contribution in [3.05, 3.63) is 95.6 Å². The van der Waals surface area contributed by atoms with E-state index >= 15 is 0 Å². The highest BCUT2D eigenvalue weighted by atomic mass is 16.4. The number of carbonyl (C=O) groups is 5. The molecule has 3 atom stereocenters. The van der Waals surface area contributed by atoms with E-state index in [1.165, 1.54) is 31.0 Å². The number of aromatic carboxylic acids is 1. The molecule has 3 aromatic carbocycles. The maximum Gasteiger partial charge on any atom is 0.335 e. The van der Waals surface area contributed by atoms with Gasteiger partial charge in [-0.2, -0.15) is 0 Å². The molecule has 0 aliphatic carbocycles. The highest BCUT2D eigenvalue weighted by Gasteiger charge is 2.31. The fourth-order valence-electron chi connectivity index (χ4n) is 4.86. The average Bonchev–Trinajstić information content (AvgIpc) is 3.02. The maximum absolute atomic E-state index is 13.7. The van der Waals surface area contributed by atoms with Crippen molar-refractivity contribution in [2.45, 2.75) is 64.6 Å². The van der Waals surface area contributed by atoms with Gasteiger partial charge in [-0.3, -0.25) is 19.2 Å². The number of hydrogen-bond donors (Lipinski definition) is 4. The van der Waals surface area contributed by atoms with E-state index in [4.69, 9.17) is 5.73 Å². The molecule has 4 amide bonds. The molecule has 3 aromatic rings. The summed E-state index contributed by atoms with van der Waals surface area (Å²) in [6, 6.07) is 21.0. The normalized spacial score (nSPS) is 12.9. The molecule has 3 rings (SSSR count). The first kappa shape index (κ1) is 34.5. The molecule has 0 fully saturated rings. The molecule has 5 N–H and O–H groups in total. The smallest absolute Gasteiger partial charge is 0.335 e. The predicted molar refractivity (Wildman–Crippen MR) is 172 cm³/mol. The van der Waals surface area contributed by atoms with Gasteiger partial charge in [0, 0.05) is 19.9 Å². The van der Waals surface area contributed by atoms with Crippen molar-refractivity contribution in [3.63, 3.8) is 0 Å². The van der Waals surface area contributed by atoms with Crippen molar-refractivity contribution in [1.29, 1.82) is 0 Å². The number of likely N-dealkylation sites (N-methyl/N-ethyl adjacent to an activating group) is 1. The molecule has 0 saturated heterocycles. The minimum Gasteiger partial charge on any atom is -0.478 e. The number of carbonyl (C=O) groups excluding carboxylic acids is 4. The van der Waals surface area contributed by atoms with Gasteiger partial charge in [0.1, 0.15) is 18.1 Å². The van der Waals surface area contributed by atoms with Crippen LogP contribution in [0.1, 0.15) is 55.1 Å². The van der Waals surface area contributed by atoms with E-state index in [0.717, 1.165) is 16.7 Å². The van der Waals surface area contributed by atoms with Crippen LogP contribution in [0.15, 0.2) is 78.9 Å². The number of nitrogens with two attached hydrogens (primary N) is 1. The van der Waals surface area contributed by atoms with Crippen LogP contribution in [0, 0.1) is 5.92 Å². The molecule has 0 aliphatic rings. The van der Waals surface area contributed by atoms with Gasteiger partial charge in [-0.1, -0.05) is 80.6 Å². The lowest BCUT2D eigenvalue weighted by molar-refractivity contribution is -0.142. The third-order valence-corrected chi connectivity index (χ3v) is 7.65. The molecule has 0 heterocycles. The van der Waals surface area contributed by atoms with Crippen LogP contribution in [0.4, 0.5) is 0 Å². The standard InChI is InChI=1S/C35H42N4O6/c1-22(2)20-29(32(36)41)38-33(42)23(3)39(4)34(43)30(21-25-12-17-28(18-13-25)35(44)45)37-31(40)19-14-24-10-15-27(16-11-24)26-8-6-5-7-9-26/h5-13,15-18,22-23,29-30H,14,19-21H2,1-4H3,(H2,36,41)(H,37,40)(H,38,42)(H,44,45)/t23-,29+,30?/m0/s1. The van der Waals surface area contributed by atoms with E-state index in [2.05, 4.69) is 10.6 Å². The summed E-state index contributed by atoms with van der Waals surface area (Å²) < 4.78 is 0. The minimum absolute atomic E-state index is 0.0756. The van der Waals surface area contributed by atoms with Gasteiger partial charge >= 0.3 is 5.97 Å². The molecule has 10 heteroatoms. The summed E-state index contributed by atoms with van der Waals surface area (Å²) in [7, 11) is 1.45. The fraction of sp³-hybridized carbons (Fsp3) is 0.343. The van der Waals surface area contributed by atoms with Crippen LogP contribution in [0.25, 0.3) is 11.1 Å². The first-order valence-electron chi connectivity index (χ1n) is 15.0. The molecular formula is C35H42N4O6. The molecule has 0 bridgehead atoms. The van der Waals surface area contributed by atoms with Crippen molar-refractivity contribution < 1.29 is 29.1 Å². The summed E-state index contributed by atoms with van der Waals surface area (Å²) in [5, 5.41) is 14.7. The van der Waals surface area contributed by atoms with Gasteiger partial charge in [0.25, 0.3) is 0 Å². The van der Waals surface area contributed by atoms with Crippen LogP contribution >= 0.6 is 0 Å². The first-order chi connectivity index (χ1) is 21.3. The highest BCUT2D eigenvalue weighted by Crippen LogP contribution is 2.20. The fourth-order valence-corrected chi connectivity index (χ4v) is 4.86. The van der Waals surface area contributed by atoms with Crippen LogP contribution in [-0.2, 0) is 32.0 Å². The molecule has 0 saturated carbocycles. The van der Waals surface area contributed by atoms with E-state index < -0.39 is 41.8 Å². The van der Waals surface area contributed by atoms with Crippen molar-refractivity contribution in [1.82, 2.24) is 15.5 Å². The lowest BCUT2D eigenvalue weighted by Crippen LogP contribution is -2.56. The van der Waals surface area contributed by atoms with E-state index in [9.17, 15) is 29.1 Å². The second-order valence-corrected chi connectivity index (χ2v) is 11.6. The zero-order valence-electron chi connectivity index (χ0n) is 26.2. The molecule has 45 heavy (non-hydrogen) atoms. The van der Waals surface area contributed by atoms with Crippen LogP contribution in [-0.4, -0.2) is 64.8 Å². The number of aryl methyl sites for hydroxylation is 1. The molecular weight excluding hydrogens is 572 g/mol. The van der Waals surface area contributed by atoms with E-state index in [1.54, 1.807) is 12.1 Å². The van der Waals surface area contributed by atoms with Gasteiger partial charge in [-0.05, 0) is 60.1 Å². The lowest BCUT2D eigenvalue weighted by Gasteiger charge is -2.30. The van der Waals surface area contributed by atoms with Crippen LogP contribution in [0.2, 0.25) is 0 Å². The Hall–Kier alpha value is -4.99.